The summed E-state index contributed by atoms with van der Waals surface area (Å²) in [5.74, 6) is 0.0315. The highest BCUT2D eigenvalue weighted by atomic mass is 35.5. The third-order valence-electron chi connectivity index (χ3n) is 4.84. The molecule has 1 aromatic rings. The van der Waals surface area contributed by atoms with Crippen LogP contribution < -0.4 is 11.1 Å². The first-order chi connectivity index (χ1) is 11.8. The van der Waals surface area contributed by atoms with Crippen molar-refractivity contribution in [2.75, 3.05) is 13.1 Å². The van der Waals surface area contributed by atoms with Gasteiger partial charge >= 0.3 is 0 Å². The van der Waals surface area contributed by atoms with E-state index in [4.69, 9.17) is 17.3 Å². The Morgan fingerprint density at radius 3 is 2.44 bits per heavy atom. The third-order valence-corrected chi connectivity index (χ3v) is 5.09. The SMILES string of the molecule is CC(C)C(NC(=O)c1ccc(Cl)cc1)C(=O)N1CCCC(C(C)N)C1. The van der Waals surface area contributed by atoms with E-state index in [1.54, 1.807) is 24.3 Å². The average molecular weight is 366 g/mol. The maximum Gasteiger partial charge on any atom is 0.251 e. The van der Waals surface area contributed by atoms with Crippen LogP contribution in [0.2, 0.25) is 5.02 Å². The van der Waals surface area contributed by atoms with E-state index in [9.17, 15) is 9.59 Å². The Balaban J connectivity index is 2.07. The summed E-state index contributed by atoms with van der Waals surface area (Å²) in [6.45, 7) is 7.26. The molecule has 1 aliphatic heterocycles. The van der Waals surface area contributed by atoms with Crippen LogP contribution in [0.4, 0.5) is 0 Å². The summed E-state index contributed by atoms with van der Waals surface area (Å²) in [6.07, 6.45) is 2.00. The molecule has 2 rings (SSSR count). The summed E-state index contributed by atoms with van der Waals surface area (Å²) in [5, 5.41) is 3.46. The van der Waals surface area contributed by atoms with E-state index in [2.05, 4.69) is 5.32 Å². The number of piperidine rings is 1. The standard InChI is InChI=1S/C19H28ClN3O2/c1-12(2)17(22-18(24)14-6-8-16(20)9-7-14)19(25)23-10-4-5-15(11-23)13(3)21/h6-9,12-13,15,17H,4-5,10-11,21H2,1-3H3,(H,22,24). The monoisotopic (exact) mass is 365 g/mol. The molecule has 0 aliphatic carbocycles. The molecule has 0 aromatic heterocycles. The van der Waals surface area contributed by atoms with Crippen LogP contribution in [0.5, 0.6) is 0 Å². The van der Waals surface area contributed by atoms with Crippen LogP contribution in [0.15, 0.2) is 24.3 Å². The van der Waals surface area contributed by atoms with Gasteiger partial charge in [0, 0.05) is 29.7 Å². The van der Waals surface area contributed by atoms with Gasteiger partial charge < -0.3 is 16.0 Å². The Morgan fingerprint density at radius 1 is 1.24 bits per heavy atom. The Labute approximate surface area is 154 Å². The number of benzene rings is 1. The van der Waals surface area contributed by atoms with Gasteiger partial charge in [0.25, 0.3) is 5.91 Å². The average Bonchev–Trinajstić information content (AvgIpc) is 2.59. The van der Waals surface area contributed by atoms with Gasteiger partial charge in [0.2, 0.25) is 5.91 Å². The summed E-state index contributed by atoms with van der Waals surface area (Å²) in [5.41, 5.74) is 6.51. The van der Waals surface area contributed by atoms with Crippen molar-refractivity contribution in [2.45, 2.75) is 45.7 Å². The highest BCUT2D eigenvalue weighted by Gasteiger charge is 2.32. The van der Waals surface area contributed by atoms with E-state index in [0.29, 0.717) is 23.0 Å². The van der Waals surface area contributed by atoms with Gasteiger partial charge in [-0.15, -0.1) is 0 Å². The zero-order chi connectivity index (χ0) is 18.6. The molecule has 0 bridgehead atoms. The first-order valence-electron chi connectivity index (χ1n) is 8.90. The van der Waals surface area contributed by atoms with E-state index in [1.807, 2.05) is 25.7 Å². The van der Waals surface area contributed by atoms with Crippen LogP contribution in [-0.2, 0) is 4.79 Å². The van der Waals surface area contributed by atoms with E-state index in [1.165, 1.54) is 0 Å². The van der Waals surface area contributed by atoms with Gasteiger partial charge in [-0.05, 0) is 55.9 Å². The number of carbonyl (C=O) groups is 2. The second-order valence-corrected chi connectivity index (χ2v) is 7.68. The van der Waals surface area contributed by atoms with E-state index >= 15 is 0 Å². The minimum atomic E-state index is -0.546. The first kappa shape index (κ1) is 19.7. The van der Waals surface area contributed by atoms with Crippen molar-refractivity contribution in [1.29, 1.82) is 0 Å². The Hall–Kier alpha value is -1.59. The first-order valence-corrected chi connectivity index (χ1v) is 9.28. The molecule has 3 unspecified atom stereocenters. The van der Waals surface area contributed by atoms with Gasteiger partial charge in [-0.3, -0.25) is 9.59 Å². The number of nitrogens with two attached hydrogens (primary N) is 1. The van der Waals surface area contributed by atoms with Crippen molar-refractivity contribution >= 4 is 23.4 Å². The maximum absolute atomic E-state index is 13.0. The predicted molar refractivity (Wildman–Crippen MR) is 100 cm³/mol. The molecule has 138 valence electrons. The summed E-state index contributed by atoms with van der Waals surface area (Å²) in [6, 6.07) is 6.17. The molecular weight excluding hydrogens is 338 g/mol. The lowest BCUT2D eigenvalue weighted by atomic mass is 9.91. The molecule has 0 radical (unpaired) electrons. The van der Waals surface area contributed by atoms with Crippen LogP contribution in [0.25, 0.3) is 0 Å². The van der Waals surface area contributed by atoms with Crippen molar-refractivity contribution in [3.8, 4) is 0 Å². The van der Waals surface area contributed by atoms with Gasteiger partial charge in [-0.25, -0.2) is 0 Å². The number of hydrogen-bond donors (Lipinski definition) is 2. The summed E-state index contributed by atoms with van der Waals surface area (Å²) in [7, 11) is 0. The van der Waals surface area contributed by atoms with Gasteiger partial charge in [-0.1, -0.05) is 25.4 Å². The van der Waals surface area contributed by atoms with Crippen molar-refractivity contribution in [1.82, 2.24) is 10.2 Å². The fourth-order valence-corrected chi connectivity index (χ4v) is 3.30. The molecule has 2 amide bonds. The van der Waals surface area contributed by atoms with E-state index < -0.39 is 6.04 Å². The summed E-state index contributed by atoms with van der Waals surface area (Å²) >= 11 is 5.86. The highest BCUT2D eigenvalue weighted by molar-refractivity contribution is 6.30. The second-order valence-electron chi connectivity index (χ2n) is 7.25. The van der Waals surface area contributed by atoms with Crippen molar-refractivity contribution in [3.63, 3.8) is 0 Å². The Morgan fingerprint density at radius 2 is 1.88 bits per heavy atom. The molecule has 5 nitrogen and oxygen atoms in total. The number of nitrogens with one attached hydrogen (secondary N) is 1. The molecule has 1 fully saturated rings. The molecule has 0 saturated carbocycles. The fourth-order valence-electron chi connectivity index (χ4n) is 3.18. The van der Waals surface area contributed by atoms with Crippen molar-refractivity contribution in [3.05, 3.63) is 34.9 Å². The van der Waals surface area contributed by atoms with Gasteiger partial charge in [0.05, 0.1) is 0 Å². The van der Waals surface area contributed by atoms with Crippen LogP contribution in [0, 0.1) is 11.8 Å². The fraction of sp³-hybridized carbons (Fsp3) is 0.579. The quantitative estimate of drug-likeness (QED) is 0.842. The van der Waals surface area contributed by atoms with Crippen molar-refractivity contribution in [2.24, 2.45) is 17.6 Å². The Kier molecular flexibility index (Phi) is 6.85. The topological polar surface area (TPSA) is 75.4 Å². The van der Waals surface area contributed by atoms with Crippen molar-refractivity contribution < 1.29 is 9.59 Å². The number of rotatable bonds is 5. The minimum absolute atomic E-state index is 0.000531. The second kappa shape index (κ2) is 8.68. The molecule has 0 spiro atoms. The molecule has 1 heterocycles. The van der Waals surface area contributed by atoms with Crippen LogP contribution in [0.3, 0.4) is 0 Å². The molecule has 1 saturated heterocycles. The molecular formula is C19H28ClN3O2. The highest BCUT2D eigenvalue weighted by Crippen LogP contribution is 2.21. The van der Waals surface area contributed by atoms with Gasteiger partial charge in [0.1, 0.15) is 6.04 Å². The number of hydrogen-bond acceptors (Lipinski definition) is 3. The lowest BCUT2D eigenvalue weighted by molar-refractivity contribution is -0.136. The number of halogens is 1. The summed E-state index contributed by atoms with van der Waals surface area (Å²) < 4.78 is 0. The van der Waals surface area contributed by atoms with Gasteiger partial charge in [0.15, 0.2) is 0 Å². The molecule has 3 atom stereocenters. The zero-order valence-electron chi connectivity index (χ0n) is 15.2. The number of nitrogens with zero attached hydrogens (tertiary/aromatic N) is 1. The Bertz CT molecular complexity index is 601. The number of likely N-dealkylation sites (tertiary alicyclic amines) is 1. The predicted octanol–water partition coefficient (Wildman–Crippen LogP) is 2.68. The molecule has 1 aromatic carbocycles. The third kappa shape index (κ3) is 5.19. The zero-order valence-corrected chi connectivity index (χ0v) is 15.9. The largest absolute Gasteiger partial charge is 0.341 e. The maximum atomic E-state index is 13.0. The normalized spacial score (nSPS) is 20.2. The molecule has 1 aliphatic rings. The summed E-state index contributed by atoms with van der Waals surface area (Å²) in [4.78, 5) is 27.3. The van der Waals surface area contributed by atoms with Crippen LogP contribution in [0.1, 0.15) is 44.0 Å². The number of carbonyl (C=O) groups excluding carboxylic acids is 2. The number of amides is 2. The lowest BCUT2D eigenvalue weighted by Crippen LogP contribution is -2.54. The minimum Gasteiger partial charge on any atom is -0.341 e. The van der Waals surface area contributed by atoms with Gasteiger partial charge in [-0.2, -0.15) is 0 Å². The molecule has 3 N–H and O–H groups in total. The molecule has 6 heteroatoms. The van der Waals surface area contributed by atoms with E-state index in [0.717, 1.165) is 19.4 Å². The lowest BCUT2D eigenvalue weighted by Gasteiger charge is -2.37. The van der Waals surface area contributed by atoms with Crippen LogP contribution >= 0.6 is 11.6 Å². The van der Waals surface area contributed by atoms with Crippen LogP contribution in [-0.4, -0.2) is 41.9 Å². The van der Waals surface area contributed by atoms with E-state index in [-0.39, 0.29) is 23.8 Å². The smallest absolute Gasteiger partial charge is 0.251 e. The molecule has 25 heavy (non-hydrogen) atoms.